The van der Waals surface area contributed by atoms with Crippen molar-refractivity contribution in [2.24, 2.45) is 11.7 Å². The van der Waals surface area contributed by atoms with Gasteiger partial charge in [-0.25, -0.2) is 0 Å². The van der Waals surface area contributed by atoms with Crippen LogP contribution in [0.4, 0.5) is 0 Å². The summed E-state index contributed by atoms with van der Waals surface area (Å²) in [5.74, 6) is 0.683. The van der Waals surface area contributed by atoms with E-state index >= 15 is 0 Å². The third kappa shape index (κ3) is 4.03. The minimum absolute atomic E-state index is 0. The van der Waals surface area contributed by atoms with Crippen LogP contribution in [-0.2, 0) is 0 Å². The van der Waals surface area contributed by atoms with Crippen molar-refractivity contribution >= 4 is 24.0 Å². The molecule has 2 atom stereocenters. The number of halogens is 2. The first kappa shape index (κ1) is 16.5. The van der Waals surface area contributed by atoms with Crippen LogP contribution in [0.3, 0.4) is 0 Å². The Bertz CT molecular complexity index is 358. The first-order valence-electron chi connectivity index (χ1n) is 5.24. The molecule has 98 valence electrons. The second-order valence-electron chi connectivity index (χ2n) is 4.15. The maximum Gasteiger partial charge on any atom is 0.137 e. The lowest BCUT2D eigenvalue weighted by Gasteiger charge is -2.22. The first-order chi connectivity index (χ1) is 7.47. The number of benzene rings is 1. The molecule has 1 aromatic carbocycles. The summed E-state index contributed by atoms with van der Waals surface area (Å²) < 4.78 is 5.11. The average molecular weight is 280 g/mol. The molecule has 0 saturated heterocycles. The summed E-state index contributed by atoms with van der Waals surface area (Å²) in [7, 11) is 1.55. The van der Waals surface area contributed by atoms with Crippen molar-refractivity contribution in [1.82, 2.24) is 0 Å². The number of hydrogen-bond acceptors (Lipinski definition) is 3. The van der Waals surface area contributed by atoms with E-state index in [1.165, 1.54) is 0 Å². The fourth-order valence-electron chi connectivity index (χ4n) is 1.50. The quantitative estimate of drug-likeness (QED) is 0.891. The van der Waals surface area contributed by atoms with Crippen molar-refractivity contribution in [3.05, 3.63) is 28.8 Å². The predicted octanol–water partition coefficient (Wildman–Crippen LogP) is 2.79. The summed E-state index contributed by atoms with van der Waals surface area (Å²) in [5.41, 5.74) is 6.79. The number of hydrogen-bond donors (Lipinski definition) is 2. The van der Waals surface area contributed by atoms with Crippen LogP contribution >= 0.6 is 24.0 Å². The van der Waals surface area contributed by atoms with E-state index in [2.05, 4.69) is 0 Å². The normalized spacial score (nSPS) is 14.1. The zero-order valence-electron chi connectivity index (χ0n) is 10.2. The van der Waals surface area contributed by atoms with Crippen molar-refractivity contribution in [2.75, 3.05) is 7.11 Å². The van der Waals surface area contributed by atoms with Crippen molar-refractivity contribution in [1.29, 1.82) is 0 Å². The van der Waals surface area contributed by atoms with Gasteiger partial charge in [-0.2, -0.15) is 0 Å². The van der Waals surface area contributed by atoms with Crippen LogP contribution in [0.5, 0.6) is 5.75 Å². The highest BCUT2D eigenvalue weighted by molar-refractivity contribution is 6.32. The molecule has 5 heteroatoms. The molecular formula is C12H19Cl2NO2. The van der Waals surface area contributed by atoms with E-state index in [0.717, 1.165) is 5.56 Å². The number of ether oxygens (including phenoxy) is 1. The number of rotatable bonds is 4. The van der Waals surface area contributed by atoms with Gasteiger partial charge in [-0.05, 0) is 23.6 Å². The Hall–Kier alpha value is -0.480. The second kappa shape index (κ2) is 7.07. The van der Waals surface area contributed by atoms with Gasteiger partial charge < -0.3 is 15.6 Å². The molecule has 0 radical (unpaired) electrons. The fourth-order valence-corrected chi connectivity index (χ4v) is 1.69. The molecule has 0 aliphatic carbocycles. The zero-order valence-corrected chi connectivity index (χ0v) is 11.8. The molecule has 0 fully saturated rings. The highest BCUT2D eigenvalue weighted by atomic mass is 35.5. The molecule has 3 N–H and O–H groups in total. The Morgan fingerprint density at radius 1 is 1.35 bits per heavy atom. The van der Waals surface area contributed by atoms with Gasteiger partial charge in [0.05, 0.1) is 24.3 Å². The van der Waals surface area contributed by atoms with Crippen molar-refractivity contribution in [3.8, 4) is 5.75 Å². The van der Waals surface area contributed by atoms with E-state index in [0.29, 0.717) is 10.8 Å². The minimum Gasteiger partial charge on any atom is -0.495 e. The smallest absolute Gasteiger partial charge is 0.137 e. The summed E-state index contributed by atoms with van der Waals surface area (Å²) >= 11 is 5.91. The monoisotopic (exact) mass is 279 g/mol. The SMILES string of the molecule is COc1cc([C@H](N)[C@H](O)C(C)C)ccc1Cl.Cl. The number of methoxy groups -OCH3 is 1. The van der Waals surface area contributed by atoms with E-state index in [9.17, 15) is 5.11 Å². The number of aliphatic hydroxyl groups excluding tert-OH is 1. The van der Waals surface area contributed by atoms with Crippen LogP contribution in [-0.4, -0.2) is 18.3 Å². The second-order valence-corrected chi connectivity index (χ2v) is 4.56. The minimum atomic E-state index is -0.578. The molecule has 0 aromatic heterocycles. The van der Waals surface area contributed by atoms with Gasteiger partial charge in [0.25, 0.3) is 0 Å². The van der Waals surface area contributed by atoms with E-state index in [1.54, 1.807) is 25.3 Å². The van der Waals surface area contributed by atoms with Crippen LogP contribution in [0.2, 0.25) is 5.02 Å². The molecular weight excluding hydrogens is 261 g/mol. The Labute approximate surface area is 113 Å². The lowest BCUT2D eigenvalue weighted by atomic mass is 9.94. The molecule has 1 rings (SSSR count). The molecule has 0 aliphatic heterocycles. The summed E-state index contributed by atoms with van der Waals surface area (Å²) in [6, 6.07) is 4.87. The highest BCUT2D eigenvalue weighted by Crippen LogP contribution is 2.29. The maximum absolute atomic E-state index is 9.88. The van der Waals surface area contributed by atoms with Crippen molar-refractivity contribution < 1.29 is 9.84 Å². The van der Waals surface area contributed by atoms with Gasteiger partial charge in [0.2, 0.25) is 0 Å². The van der Waals surface area contributed by atoms with Gasteiger partial charge in [0, 0.05) is 0 Å². The Balaban J connectivity index is 0.00000256. The maximum atomic E-state index is 9.88. The third-order valence-electron chi connectivity index (χ3n) is 2.61. The molecule has 0 amide bonds. The molecule has 1 aromatic rings. The van der Waals surface area contributed by atoms with Crippen molar-refractivity contribution in [3.63, 3.8) is 0 Å². The standard InChI is InChI=1S/C12H18ClNO2.ClH/c1-7(2)12(15)11(14)8-4-5-9(13)10(6-8)16-3;/h4-7,11-12,15H,14H2,1-3H3;1H/t11-,12+;/m0./s1. The Kier molecular flexibility index (Phi) is 6.87. The molecule has 3 nitrogen and oxygen atoms in total. The van der Waals surface area contributed by atoms with Crippen LogP contribution in [0.1, 0.15) is 25.5 Å². The molecule has 0 heterocycles. The van der Waals surface area contributed by atoms with Crippen LogP contribution in [0.25, 0.3) is 0 Å². The third-order valence-corrected chi connectivity index (χ3v) is 2.92. The Morgan fingerprint density at radius 3 is 2.41 bits per heavy atom. The lowest BCUT2D eigenvalue weighted by molar-refractivity contribution is 0.0979. The molecule has 0 saturated carbocycles. The molecule has 17 heavy (non-hydrogen) atoms. The largest absolute Gasteiger partial charge is 0.495 e. The van der Waals surface area contributed by atoms with Crippen LogP contribution in [0.15, 0.2) is 18.2 Å². The zero-order chi connectivity index (χ0) is 12.3. The predicted molar refractivity (Wildman–Crippen MR) is 73.0 cm³/mol. The van der Waals surface area contributed by atoms with Crippen molar-refractivity contribution in [2.45, 2.75) is 26.0 Å². The number of aliphatic hydroxyl groups is 1. The van der Waals surface area contributed by atoms with Gasteiger partial charge in [-0.1, -0.05) is 31.5 Å². The van der Waals surface area contributed by atoms with E-state index in [1.807, 2.05) is 13.8 Å². The van der Waals surface area contributed by atoms with Gasteiger partial charge >= 0.3 is 0 Å². The molecule has 0 bridgehead atoms. The summed E-state index contributed by atoms with van der Waals surface area (Å²) in [6.07, 6.45) is -0.578. The van der Waals surface area contributed by atoms with E-state index < -0.39 is 12.1 Å². The first-order valence-corrected chi connectivity index (χ1v) is 5.62. The highest BCUT2D eigenvalue weighted by Gasteiger charge is 2.20. The summed E-state index contributed by atoms with van der Waals surface area (Å²) in [4.78, 5) is 0. The molecule has 0 spiro atoms. The van der Waals surface area contributed by atoms with Gasteiger partial charge in [0.1, 0.15) is 5.75 Å². The Morgan fingerprint density at radius 2 is 1.94 bits per heavy atom. The summed E-state index contributed by atoms with van der Waals surface area (Å²) in [5, 5.41) is 10.4. The molecule has 0 unspecified atom stereocenters. The van der Waals surface area contributed by atoms with E-state index in [4.69, 9.17) is 22.1 Å². The summed E-state index contributed by atoms with van der Waals surface area (Å²) in [6.45, 7) is 3.86. The fraction of sp³-hybridized carbons (Fsp3) is 0.500. The average Bonchev–Trinajstić information content (AvgIpc) is 2.27. The van der Waals surface area contributed by atoms with E-state index in [-0.39, 0.29) is 18.3 Å². The topological polar surface area (TPSA) is 55.5 Å². The molecule has 0 aliphatic rings. The lowest BCUT2D eigenvalue weighted by Crippen LogP contribution is -2.30. The van der Waals surface area contributed by atoms with Gasteiger partial charge in [-0.15, -0.1) is 12.4 Å². The number of nitrogens with two attached hydrogens (primary N) is 1. The van der Waals surface area contributed by atoms with Crippen LogP contribution < -0.4 is 10.5 Å². The van der Waals surface area contributed by atoms with Gasteiger partial charge in [0.15, 0.2) is 0 Å². The van der Waals surface area contributed by atoms with Crippen LogP contribution in [0, 0.1) is 5.92 Å². The van der Waals surface area contributed by atoms with Gasteiger partial charge in [-0.3, -0.25) is 0 Å².